The maximum Gasteiger partial charge on any atom is 0.128 e. The van der Waals surface area contributed by atoms with Gasteiger partial charge in [-0.1, -0.05) is 31.5 Å². The third kappa shape index (κ3) is 3.68. The van der Waals surface area contributed by atoms with Crippen molar-refractivity contribution in [1.29, 1.82) is 0 Å². The van der Waals surface area contributed by atoms with E-state index in [0.29, 0.717) is 0 Å². The standard InChI is InChI=1S/C24H29N2O2/c1-7-18-23(17-14-15(3)12-13-16(17)4)25-19(8-2)24(26-18)22-20(27-5)10-9-11-21(22)28-6/h9-10,12-14H,7-8,11H2,1-6H3. The van der Waals surface area contributed by atoms with Gasteiger partial charge in [0, 0.05) is 12.0 Å². The Labute approximate surface area is 168 Å². The number of aromatic nitrogens is 2. The van der Waals surface area contributed by atoms with Gasteiger partial charge in [0.15, 0.2) is 0 Å². The first-order valence-corrected chi connectivity index (χ1v) is 9.86. The topological polar surface area (TPSA) is 44.2 Å². The van der Waals surface area contributed by atoms with Crippen molar-refractivity contribution in [2.75, 3.05) is 14.2 Å². The molecule has 0 spiro atoms. The van der Waals surface area contributed by atoms with Crippen LogP contribution in [0.15, 0.2) is 35.8 Å². The molecule has 3 rings (SSSR count). The molecule has 0 aliphatic heterocycles. The molecule has 0 amide bonds. The van der Waals surface area contributed by atoms with Crippen LogP contribution in [-0.2, 0) is 22.3 Å². The van der Waals surface area contributed by atoms with Crippen LogP contribution in [0.4, 0.5) is 0 Å². The lowest BCUT2D eigenvalue weighted by Crippen LogP contribution is -2.12. The SMILES string of the molecule is CCc1nc(-c2cc(C)ccc2C)c(CC)nc1C1=C(OC)C[CH]C=C1OC. The lowest BCUT2D eigenvalue weighted by molar-refractivity contribution is 0.270. The molecule has 1 aliphatic rings. The van der Waals surface area contributed by atoms with Crippen LogP contribution in [0.5, 0.6) is 0 Å². The Balaban J connectivity index is 2.26. The molecular weight excluding hydrogens is 348 g/mol. The Bertz CT molecular complexity index is 942. The fourth-order valence-electron chi connectivity index (χ4n) is 3.60. The molecule has 0 bridgehead atoms. The minimum Gasteiger partial charge on any atom is -0.500 e. The van der Waals surface area contributed by atoms with Gasteiger partial charge in [-0.2, -0.15) is 0 Å². The van der Waals surface area contributed by atoms with Crippen LogP contribution in [0.1, 0.15) is 48.5 Å². The minimum absolute atomic E-state index is 0.726. The van der Waals surface area contributed by atoms with Crippen LogP contribution in [0, 0.1) is 20.3 Å². The molecule has 4 nitrogen and oxygen atoms in total. The zero-order valence-electron chi connectivity index (χ0n) is 17.7. The van der Waals surface area contributed by atoms with E-state index < -0.39 is 0 Å². The highest BCUT2D eigenvalue weighted by atomic mass is 16.5. The van der Waals surface area contributed by atoms with E-state index in [9.17, 15) is 0 Å². The molecule has 0 unspecified atom stereocenters. The molecule has 1 radical (unpaired) electrons. The first-order chi connectivity index (χ1) is 13.5. The Morgan fingerprint density at radius 3 is 2.25 bits per heavy atom. The average Bonchev–Trinajstić information content (AvgIpc) is 2.73. The van der Waals surface area contributed by atoms with Crippen LogP contribution in [-0.4, -0.2) is 24.2 Å². The molecule has 0 atom stereocenters. The average molecular weight is 378 g/mol. The third-order valence-electron chi connectivity index (χ3n) is 5.16. The van der Waals surface area contributed by atoms with Crippen LogP contribution in [0.3, 0.4) is 0 Å². The van der Waals surface area contributed by atoms with E-state index in [2.05, 4.69) is 45.9 Å². The highest BCUT2D eigenvalue weighted by Gasteiger charge is 2.25. The molecule has 1 heterocycles. The van der Waals surface area contributed by atoms with E-state index in [-0.39, 0.29) is 0 Å². The molecule has 4 heteroatoms. The fourth-order valence-corrected chi connectivity index (χ4v) is 3.60. The van der Waals surface area contributed by atoms with Crippen molar-refractivity contribution in [3.63, 3.8) is 0 Å². The number of hydrogen-bond acceptors (Lipinski definition) is 4. The summed E-state index contributed by atoms with van der Waals surface area (Å²) >= 11 is 0. The predicted octanol–water partition coefficient (Wildman–Crippen LogP) is 5.38. The molecule has 1 aliphatic carbocycles. The number of allylic oxidation sites excluding steroid dienone is 3. The van der Waals surface area contributed by atoms with Gasteiger partial charge in [-0.15, -0.1) is 0 Å². The number of methoxy groups -OCH3 is 2. The zero-order chi connectivity index (χ0) is 20.3. The number of aryl methyl sites for hydroxylation is 4. The summed E-state index contributed by atoms with van der Waals surface area (Å²) in [5.74, 6) is 1.64. The van der Waals surface area contributed by atoms with Gasteiger partial charge in [-0.3, -0.25) is 0 Å². The summed E-state index contributed by atoms with van der Waals surface area (Å²) in [6.45, 7) is 8.48. The number of ether oxygens (including phenoxy) is 2. The summed E-state index contributed by atoms with van der Waals surface area (Å²) in [6.07, 6.45) is 6.35. The molecule has 0 saturated carbocycles. The quantitative estimate of drug-likeness (QED) is 0.678. The summed E-state index contributed by atoms with van der Waals surface area (Å²) in [7, 11) is 3.38. The van der Waals surface area contributed by atoms with Crippen molar-refractivity contribution < 1.29 is 9.47 Å². The monoisotopic (exact) mass is 377 g/mol. The van der Waals surface area contributed by atoms with Gasteiger partial charge >= 0.3 is 0 Å². The lowest BCUT2D eigenvalue weighted by atomic mass is 9.95. The van der Waals surface area contributed by atoms with Gasteiger partial charge in [0.1, 0.15) is 11.5 Å². The highest BCUT2D eigenvalue weighted by molar-refractivity contribution is 5.80. The second-order valence-electron chi connectivity index (χ2n) is 7.02. The number of rotatable bonds is 6. The molecular formula is C24H29N2O2. The van der Waals surface area contributed by atoms with E-state index in [1.54, 1.807) is 14.2 Å². The molecule has 0 fully saturated rings. The fraction of sp³-hybridized carbons (Fsp3) is 0.375. The molecule has 28 heavy (non-hydrogen) atoms. The number of nitrogens with zero attached hydrogens (tertiary/aromatic N) is 2. The van der Waals surface area contributed by atoms with E-state index in [4.69, 9.17) is 19.4 Å². The van der Waals surface area contributed by atoms with E-state index >= 15 is 0 Å². The van der Waals surface area contributed by atoms with Gasteiger partial charge in [-0.25, -0.2) is 9.97 Å². The smallest absolute Gasteiger partial charge is 0.128 e. The van der Waals surface area contributed by atoms with E-state index in [0.717, 1.165) is 64.7 Å². The van der Waals surface area contributed by atoms with Gasteiger partial charge in [-0.05, 0) is 50.8 Å². The Morgan fingerprint density at radius 1 is 0.929 bits per heavy atom. The second kappa shape index (κ2) is 8.59. The number of benzene rings is 1. The summed E-state index contributed by atoms with van der Waals surface area (Å²) in [5.41, 5.74) is 8.32. The lowest BCUT2D eigenvalue weighted by Gasteiger charge is -2.22. The molecule has 0 N–H and O–H groups in total. The molecule has 0 saturated heterocycles. The molecule has 1 aromatic heterocycles. The van der Waals surface area contributed by atoms with Crippen LogP contribution >= 0.6 is 0 Å². The van der Waals surface area contributed by atoms with Gasteiger partial charge in [0.05, 0.1) is 42.6 Å². The minimum atomic E-state index is 0.726. The van der Waals surface area contributed by atoms with E-state index in [1.165, 1.54) is 11.1 Å². The molecule has 2 aromatic rings. The Kier molecular flexibility index (Phi) is 6.18. The summed E-state index contributed by atoms with van der Waals surface area (Å²) in [6, 6.07) is 6.49. The van der Waals surface area contributed by atoms with Crippen LogP contribution < -0.4 is 0 Å². The largest absolute Gasteiger partial charge is 0.500 e. The second-order valence-corrected chi connectivity index (χ2v) is 7.02. The van der Waals surface area contributed by atoms with Crippen molar-refractivity contribution in [2.24, 2.45) is 0 Å². The first-order valence-electron chi connectivity index (χ1n) is 9.86. The van der Waals surface area contributed by atoms with Crippen LogP contribution in [0.2, 0.25) is 0 Å². The van der Waals surface area contributed by atoms with Crippen molar-refractivity contribution in [2.45, 2.75) is 47.0 Å². The van der Waals surface area contributed by atoms with Crippen molar-refractivity contribution >= 4 is 5.57 Å². The number of hydrogen-bond donors (Lipinski definition) is 0. The Morgan fingerprint density at radius 2 is 1.61 bits per heavy atom. The summed E-state index contributed by atoms with van der Waals surface area (Å²) in [5, 5.41) is 0. The van der Waals surface area contributed by atoms with Gasteiger partial charge in [0.25, 0.3) is 0 Å². The maximum atomic E-state index is 5.67. The highest BCUT2D eigenvalue weighted by Crippen LogP contribution is 2.36. The first kappa shape index (κ1) is 20.1. The predicted molar refractivity (Wildman–Crippen MR) is 114 cm³/mol. The van der Waals surface area contributed by atoms with Crippen molar-refractivity contribution in [1.82, 2.24) is 9.97 Å². The van der Waals surface area contributed by atoms with Crippen LogP contribution in [0.25, 0.3) is 16.8 Å². The third-order valence-corrected chi connectivity index (χ3v) is 5.16. The van der Waals surface area contributed by atoms with Crippen molar-refractivity contribution in [3.05, 3.63) is 70.4 Å². The van der Waals surface area contributed by atoms with Gasteiger partial charge in [0.2, 0.25) is 0 Å². The summed E-state index contributed by atoms with van der Waals surface area (Å²) < 4.78 is 11.3. The summed E-state index contributed by atoms with van der Waals surface area (Å²) in [4.78, 5) is 10.2. The zero-order valence-corrected chi connectivity index (χ0v) is 17.7. The maximum absolute atomic E-state index is 5.67. The van der Waals surface area contributed by atoms with E-state index in [1.807, 2.05) is 12.5 Å². The molecule has 1 aromatic carbocycles. The normalized spacial score (nSPS) is 14.1. The molecule has 147 valence electrons. The van der Waals surface area contributed by atoms with Crippen molar-refractivity contribution in [3.8, 4) is 11.3 Å². The Hall–Kier alpha value is -2.62. The van der Waals surface area contributed by atoms with Gasteiger partial charge < -0.3 is 9.47 Å².